The Labute approximate surface area is 94.3 Å². The number of hydrogen-bond donors (Lipinski definition) is 1. The molecule has 6 heteroatoms. The van der Waals surface area contributed by atoms with Gasteiger partial charge in [0.15, 0.2) is 0 Å². The molecule has 3 nitrogen and oxygen atoms in total. The van der Waals surface area contributed by atoms with Gasteiger partial charge >= 0.3 is 0 Å². The van der Waals surface area contributed by atoms with E-state index in [1.165, 1.54) is 24.4 Å². The van der Waals surface area contributed by atoms with Crippen molar-refractivity contribution in [2.75, 3.05) is 0 Å². The summed E-state index contributed by atoms with van der Waals surface area (Å²) in [6, 6.07) is 3.85. The van der Waals surface area contributed by atoms with Crippen LogP contribution in [-0.2, 0) is 0 Å². The van der Waals surface area contributed by atoms with Gasteiger partial charge in [-0.3, -0.25) is 0 Å². The smallest absolute Gasteiger partial charge is 0.123 e. The lowest BCUT2D eigenvalue weighted by Gasteiger charge is -2.09. The second kappa shape index (κ2) is 4.22. The number of aromatic nitrogens is 2. The molecule has 0 aliphatic carbocycles. The van der Waals surface area contributed by atoms with Crippen molar-refractivity contribution in [1.29, 1.82) is 0 Å². The van der Waals surface area contributed by atoms with E-state index in [0.29, 0.717) is 15.5 Å². The second-order valence-corrected chi connectivity index (χ2v) is 4.11. The summed E-state index contributed by atoms with van der Waals surface area (Å²) < 4.78 is 16.6. The molecule has 1 N–H and O–H groups in total. The van der Waals surface area contributed by atoms with Gasteiger partial charge in [-0.15, -0.1) is 5.10 Å². The minimum Gasteiger partial charge on any atom is -0.383 e. The van der Waals surface area contributed by atoms with Crippen LogP contribution in [0.5, 0.6) is 0 Å². The molecule has 0 saturated heterocycles. The van der Waals surface area contributed by atoms with Crippen molar-refractivity contribution in [3.63, 3.8) is 0 Å². The zero-order chi connectivity index (χ0) is 10.8. The largest absolute Gasteiger partial charge is 0.383 e. The summed E-state index contributed by atoms with van der Waals surface area (Å²) in [6.07, 6.45) is 0.449. The molecular weight excluding hydrogens is 239 g/mol. The number of halogens is 2. The van der Waals surface area contributed by atoms with E-state index >= 15 is 0 Å². The van der Waals surface area contributed by atoms with E-state index < -0.39 is 11.9 Å². The fraction of sp³-hybridized carbons (Fsp3) is 0.111. The Balaban J connectivity index is 2.41. The molecule has 1 heterocycles. The third-order valence-electron chi connectivity index (χ3n) is 1.90. The molecule has 1 atom stereocenters. The van der Waals surface area contributed by atoms with Crippen LogP contribution in [0.3, 0.4) is 0 Å². The van der Waals surface area contributed by atoms with E-state index in [1.54, 1.807) is 0 Å². The molecular formula is C9H6ClFN2OS. The van der Waals surface area contributed by atoms with E-state index in [-0.39, 0.29) is 0 Å². The first kappa shape index (κ1) is 10.5. The number of aliphatic hydroxyl groups is 1. The Kier molecular flexibility index (Phi) is 2.95. The number of nitrogens with zero attached hydrogens (tertiary/aromatic N) is 2. The van der Waals surface area contributed by atoms with Gasteiger partial charge in [0.1, 0.15) is 11.9 Å². The summed E-state index contributed by atoms with van der Waals surface area (Å²) in [7, 11) is 0. The molecule has 0 fully saturated rings. The monoisotopic (exact) mass is 244 g/mol. The predicted octanol–water partition coefficient (Wildman–Crippen LogP) is 2.41. The van der Waals surface area contributed by atoms with Crippen molar-refractivity contribution in [3.05, 3.63) is 45.7 Å². The minimum absolute atomic E-state index is 0.317. The highest BCUT2D eigenvalue weighted by Gasteiger charge is 2.16. The van der Waals surface area contributed by atoms with Crippen LogP contribution in [0.15, 0.2) is 24.4 Å². The van der Waals surface area contributed by atoms with Crippen LogP contribution in [0.2, 0.25) is 5.02 Å². The maximum absolute atomic E-state index is 13.0. The van der Waals surface area contributed by atoms with Gasteiger partial charge in [0.25, 0.3) is 0 Å². The van der Waals surface area contributed by atoms with Gasteiger partial charge in [-0.2, -0.15) is 0 Å². The Morgan fingerprint density at radius 3 is 2.93 bits per heavy atom. The Hall–Kier alpha value is -1.04. The lowest BCUT2D eigenvalue weighted by atomic mass is 10.1. The van der Waals surface area contributed by atoms with Gasteiger partial charge in [0, 0.05) is 10.6 Å². The van der Waals surface area contributed by atoms with E-state index in [1.807, 2.05) is 0 Å². The maximum atomic E-state index is 13.0. The van der Waals surface area contributed by atoms with Gasteiger partial charge in [-0.25, -0.2) is 4.39 Å². The fourth-order valence-corrected chi connectivity index (χ4v) is 1.90. The van der Waals surface area contributed by atoms with Crippen LogP contribution in [0, 0.1) is 5.82 Å². The van der Waals surface area contributed by atoms with Crippen LogP contribution in [0.1, 0.15) is 16.5 Å². The van der Waals surface area contributed by atoms with Crippen molar-refractivity contribution in [1.82, 2.24) is 9.59 Å². The summed E-state index contributed by atoms with van der Waals surface area (Å²) in [5.41, 5.74) is 0.322. The summed E-state index contributed by atoms with van der Waals surface area (Å²) in [6.45, 7) is 0. The van der Waals surface area contributed by atoms with Crippen LogP contribution < -0.4 is 0 Å². The van der Waals surface area contributed by atoms with Gasteiger partial charge in [-0.05, 0) is 29.7 Å². The first-order valence-corrected chi connectivity index (χ1v) is 5.24. The number of benzene rings is 1. The second-order valence-electron chi connectivity index (χ2n) is 2.89. The van der Waals surface area contributed by atoms with Gasteiger partial charge in [0.2, 0.25) is 0 Å². The van der Waals surface area contributed by atoms with Gasteiger partial charge in [-0.1, -0.05) is 16.1 Å². The van der Waals surface area contributed by atoms with Crippen LogP contribution in [0.25, 0.3) is 0 Å². The van der Waals surface area contributed by atoms with Crippen molar-refractivity contribution in [2.24, 2.45) is 0 Å². The number of aliphatic hydroxyl groups excluding tert-OH is 1. The van der Waals surface area contributed by atoms with Crippen molar-refractivity contribution in [3.8, 4) is 0 Å². The minimum atomic E-state index is -0.979. The molecule has 0 bridgehead atoms. The third-order valence-corrected chi connectivity index (χ3v) is 2.96. The highest BCUT2D eigenvalue weighted by atomic mass is 35.5. The molecule has 15 heavy (non-hydrogen) atoms. The first-order valence-electron chi connectivity index (χ1n) is 4.09. The van der Waals surface area contributed by atoms with E-state index in [0.717, 1.165) is 11.5 Å². The molecule has 0 aliphatic heterocycles. The van der Waals surface area contributed by atoms with E-state index in [2.05, 4.69) is 9.59 Å². The Bertz CT molecular complexity index is 463. The lowest BCUT2D eigenvalue weighted by molar-refractivity contribution is 0.223. The Morgan fingerprint density at radius 1 is 1.47 bits per heavy atom. The highest BCUT2D eigenvalue weighted by Crippen LogP contribution is 2.29. The van der Waals surface area contributed by atoms with Crippen LogP contribution in [-0.4, -0.2) is 14.7 Å². The molecule has 2 aromatic rings. The van der Waals surface area contributed by atoms with E-state index in [9.17, 15) is 9.50 Å². The standard InChI is InChI=1S/C9H6ClFN2OS/c10-7-2-1-5(11)3-6(7)9(14)8-4-12-13-15-8/h1-4,9,14H. The summed E-state index contributed by atoms with van der Waals surface area (Å²) in [4.78, 5) is 0.530. The quantitative estimate of drug-likeness (QED) is 0.883. The molecule has 2 rings (SSSR count). The van der Waals surface area contributed by atoms with Crippen molar-refractivity contribution >= 4 is 23.1 Å². The molecule has 0 aliphatic rings. The molecule has 0 saturated carbocycles. The third kappa shape index (κ3) is 2.14. The van der Waals surface area contributed by atoms with Gasteiger partial charge in [0.05, 0.1) is 11.1 Å². The number of hydrogen-bond acceptors (Lipinski definition) is 4. The van der Waals surface area contributed by atoms with E-state index in [4.69, 9.17) is 11.6 Å². The van der Waals surface area contributed by atoms with Gasteiger partial charge < -0.3 is 5.11 Å². The average Bonchev–Trinajstić information content (AvgIpc) is 2.74. The lowest BCUT2D eigenvalue weighted by Crippen LogP contribution is -1.98. The number of rotatable bonds is 2. The summed E-state index contributed by atoms with van der Waals surface area (Å²) in [5, 5.41) is 13.8. The SMILES string of the molecule is OC(c1cnns1)c1cc(F)ccc1Cl. The maximum Gasteiger partial charge on any atom is 0.123 e. The summed E-state index contributed by atoms with van der Waals surface area (Å²) >= 11 is 6.89. The fourth-order valence-electron chi connectivity index (χ4n) is 1.17. The zero-order valence-electron chi connectivity index (χ0n) is 7.39. The van der Waals surface area contributed by atoms with Crippen LogP contribution in [0.4, 0.5) is 4.39 Å². The molecule has 1 unspecified atom stereocenters. The highest BCUT2D eigenvalue weighted by molar-refractivity contribution is 7.05. The molecule has 0 spiro atoms. The zero-order valence-corrected chi connectivity index (χ0v) is 8.96. The topological polar surface area (TPSA) is 46.0 Å². The molecule has 0 amide bonds. The average molecular weight is 245 g/mol. The molecule has 1 aromatic carbocycles. The molecule has 0 radical (unpaired) electrons. The normalized spacial score (nSPS) is 12.7. The molecule has 78 valence electrons. The van der Waals surface area contributed by atoms with Crippen molar-refractivity contribution < 1.29 is 9.50 Å². The molecule has 1 aromatic heterocycles. The summed E-state index contributed by atoms with van der Waals surface area (Å²) in [5.74, 6) is -0.439. The van der Waals surface area contributed by atoms with Crippen molar-refractivity contribution in [2.45, 2.75) is 6.10 Å². The predicted molar refractivity (Wildman–Crippen MR) is 55.4 cm³/mol. The Morgan fingerprint density at radius 2 is 2.27 bits per heavy atom. The van der Waals surface area contributed by atoms with Crippen LogP contribution >= 0.6 is 23.1 Å². The first-order chi connectivity index (χ1) is 7.18.